The van der Waals surface area contributed by atoms with Crippen molar-refractivity contribution in [3.05, 3.63) is 29.3 Å². The van der Waals surface area contributed by atoms with Crippen LogP contribution in [0.5, 0.6) is 0 Å². The van der Waals surface area contributed by atoms with Crippen molar-refractivity contribution in [3.8, 4) is 0 Å². The molecule has 2 aliphatic rings. The van der Waals surface area contributed by atoms with Gasteiger partial charge in [-0.1, -0.05) is 31.4 Å². The predicted octanol–water partition coefficient (Wildman–Crippen LogP) is 3.81. The number of rotatable bonds is 5. The van der Waals surface area contributed by atoms with Crippen LogP contribution in [0.1, 0.15) is 43.5 Å². The molecule has 2 fully saturated rings. The Balaban J connectivity index is 1.21. The lowest BCUT2D eigenvalue weighted by atomic mass is 9.75. The van der Waals surface area contributed by atoms with Gasteiger partial charge in [0.05, 0.1) is 21.6 Å². The molecule has 0 bridgehead atoms. The van der Waals surface area contributed by atoms with Crippen molar-refractivity contribution in [2.75, 3.05) is 19.7 Å². The maximum atomic E-state index is 12.4. The number of carbonyl (C=O) groups is 2. The van der Waals surface area contributed by atoms with Crippen LogP contribution in [0, 0.1) is 11.8 Å². The number of benzene rings is 1. The number of fused-ring (bicyclic) bond motifs is 2. The minimum absolute atomic E-state index is 0.0487. The van der Waals surface area contributed by atoms with Crippen molar-refractivity contribution in [2.45, 2.75) is 44.9 Å². The number of aromatic nitrogens is 1. The first-order chi connectivity index (χ1) is 13.2. The molecule has 1 aliphatic heterocycles. The van der Waals surface area contributed by atoms with E-state index in [1.165, 1.54) is 25.7 Å². The Kier molecular flexibility index (Phi) is 5.72. The molecule has 2 aromatic rings. The van der Waals surface area contributed by atoms with E-state index in [4.69, 9.17) is 4.74 Å². The van der Waals surface area contributed by atoms with Gasteiger partial charge in [0.25, 0.3) is 5.91 Å². The van der Waals surface area contributed by atoms with Crippen molar-refractivity contribution in [1.82, 2.24) is 9.88 Å². The summed E-state index contributed by atoms with van der Waals surface area (Å²) in [6, 6.07) is 7.95. The van der Waals surface area contributed by atoms with Crippen LogP contribution in [0.3, 0.4) is 0 Å². The minimum atomic E-state index is -0.324. The normalized spacial score (nSPS) is 22.4. The fourth-order valence-electron chi connectivity index (χ4n) is 4.37. The van der Waals surface area contributed by atoms with Gasteiger partial charge in [-0.05, 0) is 36.8 Å². The standard InChI is InChI=1S/C21H26N2O3S/c24-20(23-12-11-15-5-1-2-6-16(15)13-23)14-26-21(25)10-9-19-22-17-7-3-4-8-18(17)27-19/h3-4,7-8,15-16H,1-2,5-6,9-14H2/t15-,16-/m0/s1. The lowest BCUT2D eigenvalue weighted by molar-refractivity contribution is -0.153. The number of hydrogen-bond acceptors (Lipinski definition) is 5. The number of aryl methyl sites for hydroxylation is 1. The second-order valence-corrected chi connectivity index (χ2v) is 8.78. The van der Waals surface area contributed by atoms with Crippen LogP contribution in [-0.2, 0) is 20.7 Å². The highest BCUT2D eigenvalue weighted by Crippen LogP contribution is 2.36. The molecule has 5 nitrogen and oxygen atoms in total. The number of nitrogens with zero attached hydrogens (tertiary/aromatic N) is 2. The van der Waals surface area contributed by atoms with Gasteiger partial charge in [-0.15, -0.1) is 11.3 Å². The van der Waals surface area contributed by atoms with Gasteiger partial charge in [0, 0.05) is 19.5 Å². The number of carbonyl (C=O) groups excluding carboxylic acids is 2. The number of piperidine rings is 1. The van der Waals surface area contributed by atoms with E-state index in [-0.39, 0.29) is 24.9 Å². The fourth-order valence-corrected chi connectivity index (χ4v) is 5.34. The van der Waals surface area contributed by atoms with Crippen molar-refractivity contribution < 1.29 is 14.3 Å². The molecule has 144 valence electrons. The monoisotopic (exact) mass is 386 g/mol. The third-order valence-corrected chi connectivity index (χ3v) is 6.98. The van der Waals surface area contributed by atoms with E-state index < -0.39 is 0 Å². The lowest BCUT2D eigenvalue weighted by Gasteiger charge is -2.41. The van der Waals surface area contributed by atoms with E-state index >= 15 is 0 Å². The van der Waals surface area contributed by atoms with E-state index in [0.29, 0.717) is 12.3 Å². The topological polar surface area (TPSA) is 59.5 Å². The van der Waals surface area contributed by atoms with Gasteiger partial charge in [0.2, 0.25) is 0 Å². The molecule has 2 atom stereocenters. The van der Waals surface area contributed by atoms with Crippen molar-refractivity contribution in [1.29, 1.82) is 0 Å². The number of ether oxygens (including phenoxy) is 1. The van der Waals surface area contributed by atoms with Crippen molar-refractivity contribution in [2.24, 2.45) is 11.8 Å². The van der Waals surface area contributed by atoms with Crippen molar-refractivity contribution in [3.63, 3.8) is 0 Å². The fraction of sp³-hybridized carbons (Fsp3) is 0.571. The molecule has 1 saturated carbocycles. The summed E-state index contributed by atoms with van der Waals surface area (Å²) in [6.07, 6.45) is 7.08. The minimum Gasteiger partial charge on any atom is -0.456 e. The molecule has 1 saturated heterocycles. The summed E-state index contributed by atoms with van der Waals surface area (Å²) in [4.78, 5) is 30.9. The average Bonchev–Trinajstić information content (AvgIpc) is 3.13. The van der Waals surface area contributed by atoms with Crippen LogP contribution in [-0.4, -0.2) is 41.5 Å². The van der Waals surface area contributed by atoms with Crippen LogP contribution in [0.25, 0.3) is 10.2 Å². The summed E-state index contributed by atoms with van der Waals surface area (Å²) in [5.41, 5.74) is 0.965. The SMILES string of the molecule is O=C(CCc1nc2ccccc2s1)OCC(=O)N1CC[C@@H]2CCCC[C@H]2C1. The summed E-state index contributed by atoms with van der Waals surface area (Å²) >= 11 is 1.60. The third-order valence-electron chi connectivity index (χ3n) is 5.88. The summed E-state index contributed by atoms with van der Waals surface area (Å²) in [5.74, 6) is 1.06. The first kappa shape index (κ1) is 18.4. The quantitative estimate of drug-likeness (QED) is 0.733. The summed E-state index contributed by atoms with van der Waals surface area (Å²) in [5, 5.41) is 0.929. The lowest BCUT2D eigenvalue weighted by Crippen LogP contribution is -2.46. The van der Waals surface area contributed by atoms with Crippen LogP contribution in [0.15, 0.2) is 24.3 Å². The van der Waals surface area contributed by atoms with Gasteiger partial charge in [0.15, 0.2) is 6.61 Å². The van der Waals surface area contributed by atoms with E-state index in [2.05, 4.69) is 4.98 Å². The first-order valence-electron chi connectivity index (χ1n) is 9.97. The van der Waals surface area contributed by atoms with E-state index in [0.717, 1.165) is 40.7 Å². The Labute approximate surface area is 163 Å². The third kappa shape index (κ3) is 4.49. The molecule has 27 heavy (non-hydrogen) atoms. The molecule has 1 amide bonds. The zero-order chi connectivity index (χ0) is 18.6. The van der Waals surface area contributed by atoms with Gasteiger partial charge in [-0.2, -0.15) is 0 Å². The molecule has 0 spiro atoms. The zero-order valence-corrected chi connectivity index (χ0v) is 16.4. The highest BCUT2D eigenvalue weighted by Gasteiger charge is 2.33. The number of amides is 1. The molecule has 1 aromatic heterocycles. The number of thiazole rings is 1. The highest BCUT2D eigenvalue weighted by atomic mass is 32.1. The predicted molar refractivity (Wildman–Crippen MR) is 106 cm³/mol. The Morgan fingerprint density at radius 3 is 2.81 bits per heavy atom. The number of para-hydroxylation sites is 1. The summed E-state index contributed by atoms with van der Waals surface area (Å²) in [6.45, 7) is 1.52. The van der Waals surface area contributed by atoms with E-state index in [9.17, 15) is 9.59 Å². The first-order valence-corrected chi connectivity index (χ1v) is 10.8. The molecule has 6 heteroatoms. The second kappa shape index (κ2) is 8.38. The Morgan fingerprint density at radius 1 is 1.15 bits per heavy atom. The molecule has 1 aromatic carbocycles. The average molecular weight is 387 g/mol. The number of esters is 1. The summed E-state index contributed by atoms with van der Waals surface area (Å²) < 4.78 is 6.36. The Bertz CT molecular complexity index is 786. The second-order valence-electron chi connectivity index (χ2n) is 7.67. The van der Waals surface area contributed by atoms with Gasteiger partial charge in [0.1, 0.15) is 0 Å². The Morgan fingerprint density at radius 2 is 1.96 bits per heavy atom. The van der Waals surface area contributed by atoms with Gasteiger partial charge < -0.3 is 9.64 Å². The van der Waals surface area contributed by atoms with Crippen LogP contribution in [0.4, 0.5) is 0 Å². The maximum Gasteiger partial charge on any atom is 0.306 e. The van der Waals surface area contributed by atoms with E-state index in [1.54, 1.807) is 11.3 Å². The molecule has 0 radical (unpaired) electrons. The molecule has 0 unspecified atom stereocenters. The number of likely N-dealkylation sites (tertiary alicyclic amines) is 1. The van der Waals surface area contributed by atoms with Gasteiger partial charge in [-0.25, -0.2) is 4.98 Å². The molecular formula is C21H26N2O3S. The largest absolute Gasteiger partial charge is 0.456 e. The Hall–Kier alpha value is -1.95. The van der Waals surface area contributed by atoms with E-state index in [1.807, 2.05) is 29.2 Å². The highest BCUT2D eigenvalue weighted by molar-refractivity contribution is 7.18. The smallest absolute Gasteiger partial charge is 0.306 e. The van der Waals surface area contributed by atoms with Crippen LogP contribution in [0.2, 0.25) is 0 Å². The maximum absolute atomic E-state index is 12.4. The zero-order valence-electron chi connectivity index (χ0n) is 15.6. The van der Waals surface area contributed by atoms with Gasteiger partial charge >= 0.3 is 5.97 Å². The molecule has 2 heterocycles. The van der Waals surface area contributed by atoms with Gasteiger partial charge in [-0.3, -0.25) is 9.59 Å². The number of hydrogen-bond donors (Lipinski definition) is 0. The van der Waals surface area contributed by atoms with Crippen LogP contribution < -0.4 is 0 Å². The van der Waals surface area contributed by atoms with Crippen molar-refractivity contribution >= 4 is 33.4 Å². The summed E-state index contributed by atoms with van der Waals surface area (Å²) in [7, 11) is 0. The molecule has 0 N–H and O–H groups in total. The van der Waals surface area contributed by atoms with Crippen LogP contribution >= 0.6 is 11.3 Å². The molecule has 1 aliphatic carbocycles. The molecule has 4 rings (SSSR count). The molecular weight excluding hydrogens is 360 g/mol.